The molecule has 2 heterocycles. The van der Waals surface area contributed by atoms with Crippen molar-refractivity contribution >= 4 is 23.6 Å². The smallest absolute Gasteiger partial charge is 0.213 e. The second-order valence-electron chi connectivity index (χ2n) is 9.83. The van der Waals surface area contributed by atoms with Crippen LogP contribution in [0.15, 0.2) is 54.6 Å². The number of hydrogen-bond acceptors (Lipinski definition) is 7. The summed E-state index contributed by atoms with van der Waals surface area (Å²) in [4.78, 5) is 20.4. The summed E-state index contributed by atoms with van der Waals surface area (Å²) in [7, 11) is 1.68. The van der Waals surface area contributed by atoms with Crippen molar-refractivity contribution in [3.05, 3.63) is 87.8 Å². The van der Waals surface area contributed by atoms with Gasteiger partial charge in [0, 0.05) is 67.1 Å². The van der Waals surface area contributed by atoms with Gasteiger partial charge in [-0.2, -0.15) is 0 Å². The Kier molecular flexibility index (Phi) is 10.3. The number of hydrogen-bond donors (Lipinski definition) is 1. The van der Waals surface area contributed by atoms with E-state index in [9.17, 15) is 14.3 Å². The summed E-state index contributed by atoms with van der Waals surface area (Å²) in [5, 5.41) is 11.4. The van der Waals surface area contributed by atoms with Gasteiger partial charge in [-0.05, 0) is 49.7 Å². The van der Waals surface area contributed by atoms with Crippen molar-refractivity contribution in [1.82, 2.24) is 9.88 Å². The molecule has 1 saturated heterocycles. The number of aliphatic hydroxyl groups is 1. The van der Waals surface area contributed by atoms with Crippen molar-refractivity contribution in [2.45, 2.75) is 32.0 Å². The average molecular weight is 556 g/mol. The molecule has 0 radical (unpaired) electrons. The monoisotopic (exact) mass is 555 g/mol. The highest BCUT2D eigenvalue weighted by Crippen LogP contribution is 2.29. The number of aromatic nitrogens is 1. The molecule has 0 bridgehead atoms. The molecule has 1 aliphatic heterocycles. The molecule has 1 fully saturated rings. The maximum Gasteiger partial charge on any atom is 0.213 e. The number of aldehydes is 1. The van der Waals surface area contributed by atoms with E-state index in [2.05, 4.69) is 14.8 Å². The topological polar surface area (TPSA) is 75.1 Å². The Morgan fingerprint density at radius 3 is 2.79 bits per heavy atom. The number of likely N-dealkylation sites (tertiary alicyclic amines) is 1. The summed E-state index contributed by atoms with van der Waals surface area (Å²) < 4.78 is 25.2. The SMILES string of the molecule is COCCN(CCN1CC[C@H](c2cccc(OCc3ccc(Cl)cc3F)n2)C(O)C1)c1cc(C=O)ccc1C. The van der Waals surface area contributed by atoms with E-state index in [1.54, 1.807) is 25.3 Å². The average Bonchev–Trinajstić information content (AvgIpc) is 2.93. The molecule has 0 spiro atoms. The van der Waals surface area contributed by atoms with Gasteiger partial charge in [0.25, 0.3) is 0 Å². The number of anilines is 1. The van der Waals surface area contributed by atoms with Gasteiger partial charge in [-0.1, -0.05) is 35.9 Å². The van der Waals surface area contributed by atoms with Crippen LogP contribution in [-0.4, -0.2) is 73.8 Å². The van der Waals surface area contributed by atoms with Crippen molar-refractivity contribution in [2.24, 2.45) is 0 Å². The lowest BCUT2D eigenvalue weighted by Crippen LogP contribution is -2.46. The van der Waals surface area contributed by atoms with Gasteiger partial charge >= 0.3 is 0 Å². The minimum absolute atomic E-state index is 0.0370. The Hall–Kier alpha value is -3.04. The van der Waals surface area contributed by atoms with Crippen LogP contribution in [-0.2, 0) is 11.3 Å². The van der Waals surface area contributed by atoms with Crippen LogP contribution in [0, 0.1) is 12.7 Å². The van der Waals surface area contributed by atoms with Gasteiger partial charge in [-0.15, -0.1) is 0 Å². The van der Waals surface area contributed by atoms with E-state index < -0.39 is 11.9 Å². The summed E-state index contributed by atoms with van der Waals surface area (Å²) >= 11 is 5.83. The number of halogens is 2. The van der Waals surface area contributed by atoms with Crippen LogP contribution in [0.1, 0.15) is 39.5 Å². The number of carbonyl (C=O) groups is 1. The molecule has 208 valence electrons. The van der Waals surface area contributed by atoms with Crippen molar-refractivity contribution in [2.75, 3.05) is 51.3 Å². The van der Waals surface area contributed by atoms with E-state index in [-0.39, 0.29) is 12.5 Å². The molecule has 4 rings (SSSR count). The highest BCUT2D eigenvalue weighted by Gasteiger charge is 2.30. The Balaban J connectivity index is 1.35. The highest BCUT2D eigenvalue weighted by atomic mass is 35.5. The Bertz CT molecular complexity index is 1260. The lowest BCUT2D eigenvalue weighted by molar-refractivity contribution is 0.0509. The first kappa shape index (κ1) is 29.0. The fraction of sp³-hybridized carbons (Fsp3) is 0.400. The second-order valence-corrected chi connectivity index (χ2v) is 10.3. The van der Waals surface area contributed by atoms with Crippen molar-refractivity contribution in [3.8, 4) is 5.88 Å². The Morgan fingerprint density at radius 1 is 1.21 bits per heavy atom. The predicted octanol–water partition coefficient (Wildman–Crippen LogP) is 4.88. The number of carbonyl (C=O) groups excluding carboxylic acids is 1. The maximum absolute atomic E-state index is 14.1. The van der Waals surface area contributed by atoms with Gasteiger partial charge in [0.15, 0.2) is 0 Å². The number of rotatable bonds is 12. The number of pyridine rings is 1. The Morgan fingerprint density at radius 2 is 2.05 bits per heavy atom. The van der Waals surface area contributed by atoms with Crippen molar-refractivity contribution in [3.63, 3.8) is 0 Å². The van der Waals surface area contributed by atoms with Gasteiger partial charge in [0.05, 0.1) is 18.4 Å². The van der Waals surface area contributed by atoms with Crippen LogP contribution < -0.4 is 9.64 Å². The number of aliphatic hydroxyl groups excluding tert-OH is 1. The summed E-state index contributed by atoms with van der Waals surface area (Å²) in [6.45, 7) is 6.20. The summed E-state index contributed by atoms with van der Waals surface area (Å²) in [5.41, 5.74) is 3.92. The van der Waals surface area contributed by atoms with E-state index in [1.165, 1.54) is 6.07 Å². The molecule has 9 heteroatoms. The van der Waals surface area contributed by atoms with E-state index >= 15 is 0 Å². The van der Waals surface area contributed by atoms with Gasteiger partial charge in [-0.3, -0.25) is 9.69 Å². The summed E-state index contributed by atoms with van der Waals surface area (Å²) in [6.07, 6.45) is 1.03. The molecule has 0 saturated carbocycles. The minimum Gasteiger partial charge on any atom is -0.473 e. The third kappa shape index (κ3) is 7.76. The summed E-state index contributed by atoms with van der Waals surface area (Å²) in [6, 6.07) is 15.7. The molecule has 1 unspecified atom stereocenters. The van der Waals surface area contributed by atoms with Crippen LogP contribution in [0.2, 0.25) is 5.02 Å². The molecule has 3 aromatic rings. The van der Waals surface area contributed by atoms with Gasteiger partial charge in [0.1, 0.15) is 18.7 Å². The number of aryl methyl sites for hydroxylation is 1. The number of methoxy groups -OCH3 is 1. The van der Waals surface area contributed by atoms with Crippen LogP contribution in [0.5, 0.6) is 5.88 Å². The number of benzene rings is 2. The molecule has 1 N–H and O–H groups in total. The largest absolute Gasteiger partial charge is 0.473 e. The first-order chi connectivity index (χ1) is 18.9. The molecule has 1 aliphatic rings. The zero-order valence-corrected chi connectivity index (χ0v) is 23.1. The molecule has 2 aromatic carbocycles. The first-order valence-corrected chi connectivity index (χ1v) is 13.5. The molecule has 7 nitrogen and oxygen atoms in total. The fourth-order valence-corrected chi connectivity index (χ4v) is 5.07. The standard InChI is InChI=1S/C30H35ClFN3O4/c1-21-6-7-22(19-36)16-28(21)35(14-15-38-2)13-12-34-11-10-25(29(37)18-34)27-4-3-5-30(33-27)39-20-23-8-9-24(31)17-26(23)32/h3-9,16-17,19,25,29,37H,10-15,18,20H2,1-2H3/t25-,29?/m1/s1. The third-order valence-corrected chi connectivity index (χ3v) is 7.38. The van der Waals surface area contributed by atoms with Gasteiger partial charge < -0.3 is 19.5 Å². The molecule has 2 atom stereocenters. The van der Waals surface area contributed by atoms with Crippen LogP contribution in [0.4, 0.5) is 10.1 Å². The molecule has 0 aliphatic carbocycles. The molecule has 1 aromatic heterocycles. The lowest BCUT2D eigenvalue weighted by Gasteiger charge is -2.37. The van der Waals surface area contributed by atoms with E-state index in [1.807, 2.05) is 37.3 Å². The third-order valence-electron chi connectivity index (χ3n) is 7.14. The van der Waals surface area contributed by atoms with Gasteiger partial charge in [0.2, 0.25) is 5.88 Å². The second kappa shape index (κ2) is 13.8. The lowest BCUT2D eigenvalue weighted by atomic mass is 9.90. The van der Waals surface area contributed by atoms with Crippen molar-refractivity contribution < 1.29 is 23.8 Å². The van der Waals surface area contributed by atoms with Crippen LogP contribution in [0.25, 0.3) is 0 Å². The predicted molar refractivity (Wildman–Crippen MR) is 150 cm³/mol. The summed E-state index contributed by atoms with van der Waals surface area (Å²) in [5.74, 6) is -0.153. The zero-order chi connectivity index (χ0) is 27.8. The van der Waals surface area contributed by atoms with E-state index in [0.29, 0.717) is 41.7 Å². The number of ether oxygens (including phenoxy) is 2. The zero-order valence-electron chi connectivity index (χ0n) is 22.4. The quantitative estimate of drug-likeness (QED) is 0.319. The van der Waals surface area contributed by atoms with Crippen molar-refractivity contribution in [1.29, 1.82) is 0 Å². The first-order valence-electron chi connectivity index (χ1n) is 13.1. The molecular formula is C30H35ClFN3O4. The molecular weight excluding hydrogens is 521 g/mol. The maximum atomic E-state index is 14.1. The molecule has 39 heavy (non-hydrogen) atoms. The van der Waals surface area contributed by atoms with Crippen LogP contribution >= 0.6 is 11.6 Å². The molecule has 0 amide bonds. The number of nitrogens with zero attached hydrogens (tertiary/aromatic N) is 3. The normalized spacial score (nSPS) is 17.7. The van der Waals surface area contributed by atoms with E-state index in [4.69, 9.17) is 21.1 Å². The Labute approximate surface area is 234 Å². The van der Waals surface area contributed by atoms with Gasteiger partial charge in [-0.25, -0.2) is 9.37 Å². The fourth-order valence-electron chi connectivity index (χ4n) is 4.91. The van der Waals surface area contributed by atoms with E-state index in [0.717, 1.165) is 49.3 Å². The van der Waals surface area contributed by atoms with Crippen LogP contribution in [0.3, 0.4) is 0 Å². The number of β-amino-alcohol motifs (C(OH)–C–C–N with tert-alkyl or cyclic N) is 1. The highest BCUT2D eigenvalue weighted by molar-refractivity contribution is 6.30. The minimum atomic E-state index is -0.581. The number of piperidine rings is 1.